The highest BCUT2D eigenvalue weighted by atomic mass is 79.9. The maximum atomic E-state index is 13.1. The summed E-state index contributed by atoms with van der Waals surface area (Å²) in [7, 11) is 0. The molecule has 0 unspecified atom stereocenters. The zero-order chi connectivity index (χ0) is 13.8. The van der Waals surface area contributed by atoms with Gasteiger partial charge in [0.1, 0.15) is 12.1 Å². The number of aldehydes is 1. The van der Waals surface area contributed by atoms with Gasteiger partial charge in [-0.3, -0.25) is 9.59 Å². The van der Waals surface area contributed by atoms with Crippen LogP contribution in [0.3, 0.4) is 0 Å². The summed E-state index contributed by atoms with van der Waals surface area (Å²) >= 11 is 3.02. The number of carbonyl (C=O) groups is 2. The number of hydrogen-bond donors (Lipinski definition) is 1. The summed E-state index contributed by atoms with van der Waals surface area (Å²) < 4.78 is 13.3. The number of benzene rings is 2. The van der Waals surface area contributed by atoms with Gasteiger partial charge in [-0.25, -0.2) is 4.39 Å². The molecule has 5 heteroatoms. The van der Waals surface area contributed by atoms with Gasteiger partial charge in [0.2, 0.25) is 0 Å². The maximum Gasteiger partial charge on any atom is 0.255 e. The number of amides is 1. The zero-order valence-corrected chi connectivity index (χ0v) is 11.3. The van der Waals surface area contributed by atoms with Gasteiger partial charge in [0.15, 0.2) is 0 Å². The van der Waals surface area contributed by atoms with Crippen LogP contribution in [0.15, 0.2) is 46.9 Å². The van der Waals surface area contributed by atoms with E-state index >= 15 is 0 Å². The first kappa shape index (κ1) is 13.4. The molecule has 0 spiro atoms. The van der Waals surface area contributed by atoms with Crippen LogP contribution in [0.4, 0.5) is 10.1 Å². The highest BCUT2D eigenvalue weighted by Gasteiger charge is 2.08. The molecule has 0 atom stereocenters. The Morgan fingerprint density at radius 1 is 1.16 bits per heavy atom. The summed E-state index contributed by atoms with van der Waals surface area (Å²) in [6, 6.07) is 10.5. The average molecular weight is 322 g/mol. The summed E-state index contributed by atoms with van der Waals surface area (Å²) in [5.74, 6) is -0.772. The van der Waals surface area contributed by atoms with Crippen molar-refractivity contribution in [3.63, 3.8) is 0 Å². The van der Waals surface area contributed by atoms with Gasteiger partial charge in [-0.2, -0.15) is 0 Å². The molecule has 0 aliphatic rings. The molecule has 2 rings (SSSR count). The molecule has 0 saturated carbocycles. The Kier molecular flexibility index (Phi) is 4.06. The molecule has 0 bridgehead atoms. The van der Waals surface area contributed by atoms with Crippen molar-refractivity contribution in [1.29, 1.82) is 0 Å². The van der Waals surface area contributed by atoms with E-state index in [4.69, 9.17) is 0 Å². The van der Waals surface area contributed by atoms with Crippen molar-refractivity contribution in [3.8, 4) is 0 Å². The molecule has 2 aromatic rings. The van der Waals surface area contributed by atoms with E-state index in [9.17, 15) is 14.0 Å². The fourth-order valence-corrected chi connectivity index (χ4v) is 1.86. The van der Waals surface area contributed by atoms with Gasteiger partial charge in [-0.1, -0.05) is 0 Å². The molecular weight excluding hydrogens is 313 g/mol. The Morgan fingerprint density at radius 3 is 2.42 bits per heavy atom. The summed E-state index contributed by atoms with van der Waals surface area (Å²) in [4.78, 5) is 22.4. The molecule has 96 valence electrons. The second kappa shape index (κ2) is 5.75. The molecule has 0 radical (unpaired) electrons. The van der Waals surface area contributed by atoms with Gasteiger partial charge < -0.3 is 5.32 Å². The van der Waals surface area contributed by atoms with Crippen LogP contribution >= 0.6 is 15.9 Å². The van der Waals surface area contributed by atoms with Gasteiger partial charge in [0, 0.05) is 16.8 Å². The highest BCUT2D eigenvalue weighted by Crippen LogP contribution is 2.18. The van der Waals surface area contributed by atoms with Gasteiger partial charge in [-0.05, 0) is 58.4 Å². The molecule has 0 aliphatic heterocycles. The van der Waals surface area contributed by atoms with Gasteiger partial charge in [-0.15, -0.1) is 0 Å². The fraction of sp³-hybridized carbons (Fsp3) is 0. The van der Waals surface area contributed by atoms with Crippen LogP contribution < -0.4 is 5.32 Å². The predicted molar refractivity (Wildman–Crippen MR) is 73.9 cm³/mol. The van der Waals surface area contributed by atoms with Crippen LogP contribution in [-0.2, 0) is 0 Å². The van der Waals surface area contributed by atoms with Crippen molar-refractivity contribution >= 4 is 33.8 Å². The monoisotopic (exact) mass is 321 g/mol. The van der Waals surface area contributed by atoms with Crippen molar-refractivity contribution in [2.75, 3.05) is 5.32 Å². The molecule has 0 aliphatic carbocycles. The number of halogens is 2. The summed E-state index contributed by atoms with van der Waals surface area (Å²) in [5.41, 5.74) is 1.44. The molecule has 19 heavy (non-hydrogen) atoms. The van der Waals surface area contributed by atoms with Crippen LogP contribution in [0.2, 0.25) is 0 Å². The fourth-order valence-electron chi connectivity index (χ4n) is 1.49. The molecule has 0 aromatic heterocycles. The van der Waals surface area contributed by atoms with Gasteiger partial charge in [0.25, 0.3) is 5.91 Å². The third kappa shape index (κ3) is 3.26. The molecule has 0 fully saturated rings. The smallest absolute Gasteiger partial charge is 0.255 e. The molecule has 1 amide bonds. The number of rotatable bonds is 3. The SMILES string of the molecule is O=Cc1ccc(NC(=O)c2ccc(F)c(Br)c2)cc1. The summed E-state index contributed by atoms with van der Waals surface area (Å²) in [5, 5.41) is 2.66. The lowest BCUT2D eigenvalue weighted by Crippen LogP contribution is -2.12. The standard InChI is InChI=1S/C14H9BrFNO2/c15-12-7-10(3-6-13(12)16)14(19)17-11-4-1-9(8-18)2-5-11/h1-8H,(H,17,19). The topological polar surface area (TPSA) is 46.2 Å². The van der Waals surface area contributed by atoms with E-state index in [2.05, 4.69) is 21.2 Å². The predicted octanol–water partition coefficient (Wildman–Crippen LogP) is 3.65. The van der Waals surface area contributed by atoms with E-state index in [1.54, 1.807) is 24.3 Å². The minimum atomic E-state index is -0.424. The molecular formula is C14H9BrFNO2. The van der Waals surface area contributed by atoms with Crippen molar-refractivity contribution in [2.45, 2.75) is 0 Å². The Bertz CT molecular complexity index is 626. The normalized spacial score (nSPS) is 10.0. The Labute approximate surface area is 117 Å². The zero-order valence-electron chi connectivity index (χ0n) is 9.69. The lowest BCUT2D eigenvalue weighted by Gasteiger charge is -2.06. The van der Waals surface area contributed by atoms with E-state index < -0.39 is 5.82 Å². The van der Waals surface area contributed by atoms with E-state index in [1.165, 1.54) is 18.2 Å². The van der Waals surface area contributed by atoms with Crippen LogP contribution in [0.1, 0.15) is 20.7 Å². The summed E-state index contributed by atoms with van der Waals surface area (Å²) in [6.45, 7) is 0. The Balaban J connectivity index is 2.15. The molecule has 0 saturated heterocycles. The first-order valence-corrected chi connectivity index (χ1v) is 6.21. The first-order chi connectivity index (χ1) is 9.10. The molecule has 1 N–H and O–H groups in total. The Morgan fingerprint density at radius 2 is 1.84 bits per heavy atom. The van der Waals surface area contributed by atoms with E-state index in [0.717, 1.165) is 6.29 Å². The number of carbonyl (C=O) groups excluding carboxylic acids is 2. The third-order valence-electron chi connectivity index (χ3n) is 2.49. The third-order valence-corrected chi connectivity index (χ3v) is 3.09. The molecule has 0 heterocycles. The second-order valence-electron chi connectivity index (χ2n) is 3.82. The van der Waals surface area contributed by atoms with Gasteiger partial charge >= 0.3 is 0 Å². The summed E-state index contributed by atoms with van der Waals surface area (Å²) in [6.07, 6.45) is 0.725. The van der Waals surface area contributed by atoms with E-state index in [0.29, 0.717) is 16.8 Å². The first-order valence-electron chi connectivity index (χ1n) is 5.42. The lowest BCUT2D eigenvalue weighted by atomic mass is 10.2. The number of anilines is 1. The largest absolute Gasteiger partial charge is 0.322 e. The second-order valence-corrected chi connectivity index (χ2v) is 4.68. The van der Waals surface area contributed by atoms with Crippen LogP contribution in [0.25, 0.3) is 0 Å². The van der Waals surface area contributed by atoms with Gasteiger partial charge in [0.05, 0.1) is 4.47 Å². The lowest BCUT2D eigenvalue weighted by molar-refractivity contribution is 0.102. The van der Waals surface area contributed by atoms with Crippen molar-refractivity contribution < 1.29 is 14.0 Å². The highest BCUT2D eigenvalue weighted by molar-refractivity contribution is 9.10. The van der Waals surface area contributed by atoms with Crippen LogP contribution in [0, 0.1) is 5.82 Å². The quantitative estimate of drug-likeness (QED) is 0.877. The maximum absolute atomic E-state index is 13.1. The van der Waals surface area contributed by atoms with Crippen molar-refractivity contribution in [3.05, 3.63) is 63.9 Å². The number of hydrogen-bond acceptors (Lipinski definition) is 2. The van der Waals surface area contributed by atoms with E-state index in [-0.39, 0.29) is 10.4 Å². The Hall–Kier alpha value is -2.01. The van der Waals surface area contributed by atoms with Crippen LogP contribution in [-0.4, -0.2) is 12.2 Å². The minimum absolute atomic E-state index is 0.233. The molecule has 3 nitrogen and oxygen atoms in total. The minimum Gasteiger partial charge on any atom is -0.322 e. The number of nitrogens with one attached hydrogen (secondary N) is 1. The average Bonchev–Trinajstić information content (AvgIpc) is 2.42. The van der Waals surface area contributed by atoms with Crippen molar-refractivity contribution in [1.82, 2.24) is 0 Å². The van der Waals surface area contributed by atoms with Crippen molar-refractivity contribution in [2.24, 2.45) is 0 Å². The molecule has 2 aromatic carbocycles. The van der Waals surface area contributed by atoms with Crippen LogP contribution in [0.5, 0.6) is 0 Å². The van der Waals surface area contributed by atoms with E-state index in [1.807, 2.05) is 0 Å².